The fraction of sp³-hybridized carbons (Fsp3) is 0.0769. The maximum atomic E-state index is 11.8. The van der Waals surface area contributed by atoms with Gasteiger partial charge >= 0.3 is 0 Å². The van der Waals surface area contributed by atoms with E-state index in [-0.39, 0.29) is 5.91 Å². The molecule has 1 aromatic heterocycles. The quantitative estimate of drug-likeness (QED) is 0.678. The summed E-state index contributed by atoms with van der Waals surface area (Å²) in [6.07, 6.45) is 1.60. The van der Waals surface area contributed by atoms with Crippen molar-refractivity contribution in [2.45, 2.75) is 6.92 Å². The largest absolute Gasteiger partial charge is 0.272 e. The number of thiophene rings is 1. The topological polar surface area (TPSA) is 41.5 Å². The van der Waals surface area contributed by atoms with Crippen LogP contribution < -0.4 is 5.43 Å². The Balaban J connectivity index is 2.04. The highest BCUT2D eigenvalue weighted by Gasteiger charge is 2.08. The third-order valence-corrected chi connectivity index (χ3v) is 3.39. The van der Waals surface area contributed by atoms with Crippen LogP contribution in [0.4, 0.5) is 0 Å². The zero-order valence-electron chi connectivity index (χ0n) is 9.68. The number of amides is 1. The van der Waals surface area contributed by atoms with Crippen molar-refractivity contribution < 1.29 is 4.79 Å². The number of hydrazone groups is 1. The zero-order chi connectivity index (χ0) is 13.0. The van der Waals surface area contributed by atoms with Crippen molar-refractivity contribution in [1.82, 2.24) is 5.43 Å². The predicted molar refractivity (Wildman–Crippen MR) is 75.6 cm³/mol. The molecule has 5 heteroatoms. The van der Waals surface area contributed by atoms with E-state index >= 15 is 0 Å². The minimum absolute atomic E-state index is 0.312. The maximum Gasteiger partial charge on any atom is 0.272 e. The van der Waals surface area contributed by atoms with Crippen LogP contribution in [-0.4, -0.2) is 12.1 Å². The molecule has 0 radical (unpaired) electrons. The minimum Gasteiger partial charge on any atom is -0.267 e. The molecule has 1 heterocycles. The molecule has 1 aromatic carbocycles. The van der Waals surface area contributed by atoms with Gasteiger partial charge in [-0.15, -0.1) is 11.3 Å². The molecule has 2 aromatic rings. The molecule has 1 amide bonds. The van der Waals surface area contributed by atoms with Crippen LogP contribution in [0.2, 0.25) is 5.02 Å². The zero-order valence-corrected chi connectivity index (χ0v) is 11.3. The molecule has 0 spiro atoms. The van der Waals surface area contributed by atoms with E-state index in [1.54, 1.807) is 29.7 Å². The molecule has 0 unspecified atom stereocenters. The summed E-state index contributed by atoms with van der Waals surface area (Å²) in [5.41, 5.74) is 3.88. The van der Waals surface area contributed by atoms with Gasteiger partial charge in [-0.25, -0.2) is 5.43 Å². The highest BCUT2D eigenvalue weighted by Crippen LogP contribution is 2.17. The molecule has 0 fully saturated rings. The summed E-state index contributed by atoms with van der Waals surface area (Å²) in [5.74, 6) is -0.312. The van der Waals surface area contributed by atoms with Crippen LogP contribution >= 0.6 is 22.9 Å². The summed E-state index contributed by atoms with van der Waals surface area (Å²) >= 11 is 7.54. The van der Waals surface area contributed by atoms with Crippen molar-refractivity contribution in [2.75, 3.05) is 0 Å². The molecule has 1 N–H and O–H groups in total. The third kappa shape index (κ3) is 3.18. The Hall–Kier alpha value is -1.65. The number of hydrogen-bond acceptors (Lipinski definition) is 3. The number of carbonyl (C=O) groups excluding carboxylic acids is 1. The highest BCUT2D eigenvalue weighted by atomic mass is 35.5. The average molecular weight is 279 g/mol. The predicted octanol–water partition coefficient (Wildman–Crippen LogP) is 3.47. The van der Waals surface area contributed by atoms with Gasteiger partial charge in [0.1, 0.15) is 0 Å². The molecular formula is C13H11ClN2OS. The van der Waals surface area contributed by atoms with Gasteiger partial charge in [0.2, 0.25) is 0 Å². The van der Waals surface area contributed by atoms with E-state index in [9.17, 15) is 4.79 Å². The number of hydrogen-bond donors (Lipinski definition) is 1. The Morgan fingerprint density at radius 2 is 2.28 bits per heavy atom. The molecule has 2 rings (SSSR count). The molecule has 0 bridgehead atoms. The van der Waals surface area contributed by atoms with Crippen molar-refractivity contribution in [1.29, 1.82) is 0 Å². The minimum atomic E-state index is -0.312. The smallest absolute Gasteiger partial charge is 0.267 e. The lowest BCUT2D eigenvalue weighted by Gasteiger charge is -2.03. The first-order valence-electron chi connectivity index (χ1n) is 5.30. The summed E-state index contributed by atoms with van der Waals surface area (Å²) in [4.78, 5) is 12.8. The second-order valence-electron chi connectivity index (χ2n) is 3.70. The normalized spacial score (nSPS) is 10.8. The van der Waals surface area contributed by atoms with Crippen molar-refractivity contribution in [3.63, 3.8) is 0 Å². The molecular weight excluding hydrogens is 268 g/mol. The number of benzene rings is 1. The molecule has 18 heavy (non-hydrogen) atoms. The lowest BCUT2D eigenvalue weighted by molar-refractivity contribution is 0.0955. The van der Waals surface area contributed by atoms with E-state index in [2.05, 4.69) is 10.5 Å². The molecule has 0 aliphatic carbocycles. The summed E-state index contributed by atoms with van der Waals surface area (Å²) in [7, 11) is 0. The van der Waals surface area contributed by atoms with Gasteiger partial charge in [-0.05, 0) is 36.1 Å². The van der Waals surface area contributed by atoms with Gasteiger partial charge in [0.05, 0.1) is 16.8 Å². The fourth-order valence-corrected chi connectivity index (χ4v) is 2.29. The van der Waals surface area contributed by atoms with Crippen LogP contribution in [0.5, 0.6) is 0 Å². The van der Waals surface area contributed by atoms with E-state index in [4.69, 9.17) is 11.6 Å². The van der Waals surface area contributed by atoms with Crippen LogP contribution in [0.1, 0.15) is 20.8 Å². The highest BCUT2D eigenvalue weighted by molar-refractivity contribution is 7.11. The van der Waals surface area contributed by atoms with Crippen LogP contribution in [0.15, 0.2) is 40.8 Å². The van der Waals surface area contributed by atoms with Gasteiger partial charge in [-0.2, -0.15) is 5.10 Å². The van der Waals surface area contributed by atoms with Crippen LogP contribution in [-0.2, 0) is 0 Å². The van der Waals surface area contributed by atoms with Gasteiger partial charge in [0, 0.05) is 4.88 Å². The van der Waals surface area contributed by atoms with Crippen molar-refractivity contribution in [2.24, 2.45) is 5.10 Å². The standard InChI is InChI=1S/C13H11ClN2OS/c1-9-4-5-11(12(14)7-9)13(17)16-15-8-10-3-2-6-18-10/h2-8H,1H3,(H,16,17)/b15-8-. The van der Waals surface area contributed by atoms with E-state index < -0.39 is 0 Å². The Morgan fingerprint density at radius 3 is 2.94 bits per heavy atom. The van der Waals surface area contributed by atoms with Gasteiger partial charge in [-0.3, -0.25) is 4.79 Å². The second-order valence-corrected chi connectivity index (χ2v) is 5.08. The van der Waals surface area contributed by atoms with E-state index in [1.807, 2.05) is 30.5 Å². The first kappa shape index (κ1) is 12.8. The number of rotatable bonds is 3. The van der Waals surface area contributed by atoms with E-state index in [1.165, 1.54) is 0 Å². The van der Waals surface area contributed by atoms with E-state index in [0.29, 0.717) is 10.6 Å². The van der Waals surface area contributed by atoms with Crippen LogP contribution in [0, 0.1) is 6.92 Å². The average Bonchev–Trinajstić information content (AvgIpc) is 2.81. The van der Waals surface area contributed by atoms with Crippen LogP contribution in [0.3, 0.4) is 0 Å². The Morgan fingerprint density at radius 1 is 1.44 bits per heavy atom. The SMILES string of the molecule is Cc1ccc(C(=O)N/N=C\c2cccs2)c(Cl)c1. The number of carbonyl (C=O) groups is 1. The Labute approximate surface area is 114 Å². The molecule has 0 saturated heterocycles. The van der Waals surface area contributed by atoms with Gasteiger partial charge < -0.3 is 0 Å². The Bertz CT molecular complexity index is 579. The summed E-state index contributed by atoms with van der Waals surface area (Å²) in [6.45, 7) is 1.92. The molecule has 0 aliphatic rings. The van der Waals surface area contributed by atoms with Gasteiger partial charge in [0.15, 0.2) is 0 Å². The third-order valence-electron chi connectivity index (χ3n) is 2.27. The number of halogens is 1. The fourth-order valence-electron chi connectivity index (χ4n) is 1.38. The van der Waals surface area contributed by atoms with Gasteiger partial charge in [0.25, 0.3) is 5.91 Å². The second kappa shape index (κ2) is 5.80. The molecule has 0 atom stereocenters. The maximum absolute atomic E-state index is 11.8. The molecule has 3 nitrogen and oxygen atoms in total. The van der Waals surface area contributed by atoms with Gasteiger partial charge in [-0.1, -0.05) is 23.7 Å². The summed E-state index contributed by atoms with van der Waals surface area (Å²) in [5, 5.41) is 6.25. The number of nitrogens with one attached hydrogen (secondary N) is 1. The van der Waals surface area contributed by atoms with Crippen molar-refractivity contribution >= 4 is 35.1 Å². The summed E-state index contributed by atoms with van der Waals surface area (Å²) in [6, 6.07) is 9.11. The van der Waals surface area contributed by atoms with Crippen LogP contribution in [0.25, 0.3) is 0 Å². The number of nitrogens with zero attached hydrogens (tertiary/aromatic N) is 1. The number of aryl methyl sites for hydroxylation is 1. The van der Waals surface area contributed by atoms with E-state index in [0.717, 1.165) is 10.4 Å². The molecule has 0 aliphatic heterocycles. The van der Waals surface area contributed by atoms with Crippen molar-refractivity contribution in [3.05, 3.63) is 56.7 Å². The monoisotopic (exact) mass is 278 g/mol. The lowest BCUT2D eigenvalue weighted by Crippen LogP contribution is -2.17. The Kier molecular flexibility index (Phi) is 4.12. The molecule has 92 valence electrons. The van der Waals surface area contributed by atoms with Crippen molar-refractivity contribution in [3.8, 4) is 0 Å². The summed E-state index contributed by atoms with van der Waals surface area (Å²) < 4.78 is 0. The first-order chi connectivity index (χ1) is 8.66. The lowest BCUT2D eigenvalue weighted by atomic mass is 10.1. The first-order valence-corrected chi connectivity index (χ1v) is 6.55. The molecule has 0 saturated carbocycles.